The van der Waals surface area contributed by atoms with Crippen molar-refractivity contribution in [3.8, 4) is 0 Å². The molecule has 7 heteroatoms. The number of hydrogen-bond acceptors (Lipinski definition) is 4. The highest BCUT2D eigenvalue weighted by Gasteiger charge is 2.50. The van der Waals surface area contributed by atoms with Gasteiger partial charge in [-0.15, -0.1) is 11.3 Å². The minimum Gasteiger partial charge on any atom is -0.319 e. The summed E-state index contributed by atoms with van der Waals surface area (Å²) < 4.78 is 0.725. The maximum atomic E-state index is 12.8. The molecule has 1 aliphatic rings. The van der Waals surface area contributed by atoms with Crippen LogP contribution in [0.3, 0.4) is 0 Å². The van der Waals surface area contributed by atoms with Gasteiger partial charge in [-0.2, -0.15) is 0 Å². The second-order valence-electron chi connectivity index (χ2n) is 5.33. The highest BCUT2D eigenvalue weighted by Crippen LogP contribution is 2.33. The zero-order chi connectivity index (χ0) is 16.6. The van der Waals surface area contributed by atoms with E-state index in [0.717, 1.165) is 9.37 Å². The van der Waals surface area contributed by atoms with E-state index in [0.29, 0.717) is 10.4 Å². The lowest BCUT2D eigenvalue weighted by Gasteiger charge is -2.23. The molecule has 23 heavy (non-hydrogen) atoms. The lowest BCUT2D eigenvalue weighted by molar-refractivity contribution is -0.130. The maximum absolute atomic E-state index is 12.8. The molecule has 0 bridgehead atoms. The SMILES string of the molecule is CC1(c2ccccc2Br)NC(=O)N(CC(=O)c2cccs2)C1=O. The average molecular weight is 393 g/mol. The van der Waals surface area contributed by atoms with Crippen LogP contribution in [0.15, 0.2) is 46.3 Å². The number of nitrogens with zero attached hydrogens (tertiary/aromatic N) is 1. The van der Waals surface area contributed by atoms with Crippen LogP contribution in [0, 0.1) is 0 Å². The number of urea groups is 1. The monoisotopic (exact) mass is 392 g/mol. The second-order valence-corrected chi connectivity index (χ2v) is 7.13. The molecule has 1 aromatic carbocycles. The number of halogens is 1. The molecule has 118 valence electrons. The Hall–Kier alpha value is -1.99. The van der Waals surface area contributed by atoms with Crippen molar-refractivity contribution >= 4 is 45.0 Å². The first-order valence-electron chi connectivity index (χ1n) is 6.89. The van der Waals surface area contributed by atoms with Crippen molar-refractivity contribution < 1.29 is 14.4 Å². The first-order chi connectivity index (χ1) is 10.9. The van der Waals surface area contributed by atoms with E-state index in [2.05, 4.69) is 21.2 Å². The van der Waals surface area contributed by atoms with Gasteiger partial charge in [0.2, 0.25) is 0 Å². The van der Waals surface area contributed by atoms with Crippen LogP contribution in [0.4, 0.5) is 4.79 Å². The van der Waals surface area contributed by atoms with Crippen LogP contribution in [0.2, 0.25) is 0 Å². The summed E-state index contributed by atoms with van der Waals surface area (Å²) in [6.45, 7) is 1.38. The van der Waals surface area contributed by atoms with Gasteiger partial charge in [0.15, 0.2) is 5.78 Å². The molecule has 1 N–H and O–H groups in total. The molecule has 1 aromatic heterocycles. The molecule has 2 heterocycles. The first-order valence-corrected chi connectivity index (χ1v) is 8.56. The number of rotatable bonds is 4. The van der Waals surface area contributed by atoms with Crippen LogP contribution in [-0.4, -0.2) is 29.2 Å². The number of imide groups is 1. The van der Waals surface area contributed by atoms with Crippen LogP contribution in [0.5, 0.6) is 0 Å². The topological polar surface area (TPSA) is 66.5 Å². The molecule has 1 aliphatic heterocycles. The summed E-state index contributed by atoms with van der Waals surface area (Å²) in [4.78, 5) is 38.7. The molecule has 3 rings (SSSR count). The summed E-state index contributed by atoms with van der Waals surface area (Å²) >= 11 is 4.69. The quantitative estimate of drug-likeness (QED) is 0.641. The van der Waals surface area contributed by atoms with Crippen LogP contribution in [0.25, 0.3) is 0 Å². The molecule has 3 amide bonds. The van der Waals surface area contributed by atoms with Gasteiger partial charge < -0.3 is 5.32 Å². The summed E-state index contributed by atoms with van der Waals surface area (Å²) in [6, 6.07) is 10.1. The zero-order valence-corrected chi connectivity index (χ0v) is 14.6. The van der Waals surface area contributed by atoms with Crippen molar-refractivity contribution in [1.82, 2.24) is 10.2 Å². The van der Waals surface area contributed by atoms with Crippen molar-refractivity contribution in [2.45, 2.75) is 12.5 Å². The van der Waals surface area contributed by atoms with E-state index in [9.17, 15) is 14.4 Å². The Labute approximate surface area is 145 Å². The molecule has 0 spiro atoms. The number of nitrogens with one attached hydrogen (secondary N) is 1. The Morgan fingerprint density at radius 2 is 2.00 bits per heavy atom. The molecule has 5 nitrogen and oxygen atoms in total. The predicted molar refractivity (Wildman–Crippen MR) is 90.4 cm³/mol. The van der Waals surface area contributed by atoms with Crippen LogP contribution in [0.1, 0.15) is 22.2 Å². The van der Waals surface area contributed by atoms with Gasteiger partial charge in [-0.05, 0) is 24.4 Å². The fourth-order valence-electron chi connectivity index (χ4n) is 2.55. The average Bonchev–Trinajstić information content (AvgIpc) is 3.12. The number of amides is 3. The third-order valence-corrected chi connectivity index (χ3v) is 5.39. The molecule has 0 saturated carbocycles. The summed E-state index contributed by atoms with van der Waals surface area (Å²) in [7, 11) is 0. The molecule has 2 aromatic rings. The molecular weight excluding hydrogens is 380 g/mol. The number of Topliss-reactive ketones (excluding diaryl/α,β-unsaturated/α-hetero) is 1. The van der Waals surface area contributed by atoms with Crippen molar-refractivity contribution in [3.05, 3.63) is 56.7 Å². The zero-order valence-electron chi connectivity index (χ0n) is 12.2. The Morgan fingerprint density at radius 3 is 2.65 bits per heavy atom. The number of hydrogen-bond donors (Lipinski definition) is 1. The maximum Gasteiger partial charge on any atom is 0.325 e. The van der Waals surface area contributed by atoms with E-state index in [4.69, 9.17) is 0 Å². The van der Waals surface area contributed by atoms with E-state index in [1.54, 1.807) is 42.6 Å². The van der Waals surface area contributed by atoms with Crippen molar-refractivity contribution in [2.24, 2.45) is 0 Å². The largest absolute Gasteiger partial charge is 0.325 e. The standard InChI is InChI=1S/C16H13BrN2O3S/c1-16(10-5-2-3-6-11(10)17)14(21)19(15(22)18-16)9-12(20)13-7-4-8-23-13/h2-8H,9H2,1H3,(H,18,22). The van der Waals surface area contributed by atoms with E-state index in [1.165, 1.54) is 11.3 Å². The third kappa shape index (κ3) is 2.70. The summed E-state index contributed by atoms with van der Waals surface area (Å²) in [5.41, 5.74) is -0.531. The van der Waals surface area contributed by atoms with E-state index in [-0.39, 0.29) is 12.3 Å². The molecule has 1 fully saturated rings. The summed E-state index contributed by atoms with van der Waals surface area (Å²) in [5, 5.41) is 4.48. The van der Waals surface area contributed by atoms with Crippen molar-refractivity contribution in [2.75, 3.05) is 6.54 Å². The lowest BCUT2D eigenvalue weighted by Crippen LogP contribution is -2.41. The minimum atomic E-state index is -1.19. The number of carbonyl (C=O) groups is 3. The summed E-state index contributed by atoms with van der Waals surface area (Å²) in [5.74, 6) is -0.681. The van der Waals surface area contributed by atoms with Crippen LogP contribution < -0.4 is 5.32 Å². The fraction of sp³-hybridized carbons (Fsp3) is 0.188. The second kappa shape index (κ2) is 5.90. The first kappa shape index (κ1) is 15.9. The van der Waals surface area contributed by atoms with Crippen molar-refractivity contribution in [1.29, 1.82) is 0 Å². The molecular formula is C16H13BrN2O3S. The minimum absolute atomic E-state index is 0.250. The molecule has 1 atom stereocenters. The Balaban J connectivity index is 1.88. The predicted octanol–water partition coefficient (Wildman–Crippen LogP) is 3.16. The molecule has 1 unspecified atom stereocenters. The van der Waals surface area contributed by atoms with Crippen LogP contribution >= 0.6 is 27.3 Å². The molecule has 1 saturated heterocycles. The normalized spacial score (nSPS) is 20.7. The Kier molecular flexibility index (Phi) is 4.08. The van der Waals surface area contributed by atoms with Gasteiger partial charge in [-0.25, -0.2) is 4.79 Å². The highest BCUT2D eigenvalue weighted by atomic mass is 79.9. The van der Waals surface area contributed by atoms with Gasteiger partial charge in [0, 0.05) is 10.0 Å². The van der Waals surface area contributed by atoms with Crippen molar-refractivity contribution in [3.63, 3.8) is 0 Å². The van der Waals surface area contributed by atoms with Gasteiger partial charge in [0.25, 0.3) is 5.91 Å². The van der Waals surface area contributed by atoms with Gasteiger partial charge in [0.05, 0.1) is 11.4 Å². The Morgan fingerprint density at radius 1 is 1.26 bits per heavy atom. The van der Waals surface area contributed by atoms with Crippen LogP contribution in [-0.2, 0) is 10.3 Å². The number of benzene rings is 1. The molecule has 0 radical (unpaired) electrons. The van der Waals surface area contributed by atoms with Gasteiger partial charge in [-0.1, -0.05) is 40.2 Å². The number of thiophene rings is 1. The smallest absolute Gasteiger partial charge is 0.319 e. The number of carbonyl (C=O) groups excluding carboxylic acids is 3. The van der Waals surface area contributed by atoms with Gasteiger partial charge in [0.1, 0.15) is 5.54 Å². The molecule has 0 aliphatic carbocycles. The summed E-state index contributed by atoms with van der Waals surface area (Å²) in [6.07, 6.45) is 0. The fourth-order valence-corrected chi connectivity index (χ4v) is 3.89. The van der Waals surface area contributed by atoms with E-state index >= 15 is 0 Å². The highest BCUT2D eigenvalue weighted by molar-refractivity contribution is 9.10. The van der Waals surface area contributed by atoms with E-state index in [1.807, 2.05) is 6.07 Å². The van der Waals surface area contributed by atoms with Gasteiger partial charge >= 0.3 is 6.03 Å². The Bertz CT molecular complexity index is 790. The lowest BCUT2D eigenvalue weighted by atomic mass is 9.92. The number of ketones is 1. The van der Waals surface area contributed by atoms with Gasteiger partial charge in [-0.3, -0.25) is 14.5 Å². The van der Waals surface area contributed by atoms with E-state index < -0.39 is 17.5 Å². The third-order valence-electron chi connectivity index (χ3n) is 3.79.